The second kappa shape index (κ2) is 7.02. The first kappa shape index (κ1) is 15.2. The van der Waals surface area contributed by atoms with Crippen molar-refractivity contribution in [1.29, 1.82) is 0 Å². The number of allylic oxidation sites excluding steroid dienone is 2. The standard InChI is InChI=1S/C16H21NO4/c1-19-13-9-12(10-14(20-2)15(13)21-3)17-16(18)11-7-5-4-6-8-11/h4-5,9-11H,6-8H2,1-3H3,(H,17,18)/t11-/m1/s1. The van der Waals surface area contributed by atoms with Gasteiger partial charge in [-0.3, -0.25) is 4.79 Å². The van der Waals surface area contributed by atoms with E-state index in [1.807, 2.05) is 0 Å². The summed E-state index contributed by atoms with van der Waals surface area (Å²) in [5.41, 5.74) is 0.643. The fourth-order valence-corrected chi connectivity index (χ4v) is 2.43. The molecular weight excluding hydrogens is 270 g/mol. The molecule has 1 aromatic carbocycles. The molecule has 1 N–H and O–H groups in total. The van der Waals surface area contributed by atoms with Crippen molar-refractivity contribution >= 4 is 11.6 Å². The van der Waals surface area contributed by atoms with Crippen molar-refractivity contribution in [3.05, 3.63) is 24.3 Å². The van der Waals surface area contributed by atoms with Gasteiger partial charge in [0.2, 0.25) is 11.7 Å². The van der Waals surface area contributed by atoms with Gasteiger partial charge in [0.15, 0.2) is 11.5 Å². The first-order valence-corrected chi connectivity index (χ1v) is 6.95. The molecule has 1 amide bonds. The lowest BCUT2D eigenvalue weighted by molar-refractivity contribution is -0.120. The lowest BCUT2D eigenvalue weighted by atomic mass is 9.93. The molecule has 1 atom stereocenters. The minimum atomic E-state index is 0.0219. The van der Waals surface area contributed by atoms with Crippen LogP contribution in [0.1, 0.15) is 19.3 Å². The molecule has 0 bridgehead atoms. The second-order valence-electron chi connectivity index (χ2n) is 4.88. The first-order chi connectivity index (χ1) is 10.2. The van der Waals surface area contributed by atoms with Gasteiger partial charge in [0.25, 0.3) is 0 Å². The maximum absolute atomic E-state index is 12.3. The molecular formula is C16H21NO4. The highest BCUT2D eigenvalue weighted by Gasteiger charge is 2.20. The third kappa shape index (κ3) is 3.48. The Hall–Kier alpha value is -2.17. The van der Waals surface area contributed by atoms with Crippen molar-refractivity contribution in [2.75, 3.05) is 26.6 Å². The highest BCUT2D eigenvalue weighted by molar-refractivity contribution is 5.93. The van der Waals surface area contributed by atoms with E-state index in [0.717, 1.165) is 19.3 Å². The fraction of sp³-hybridized carbons (Fsp3) is 0.438. The Labute approximate surface area is 124 Å². The lowest BCUT2D eigenvalue weighted by Gasteiger charge is -2.19. The molecule has 0 radical (unpaired) electrons. The van der Waals surface area contributed by atoms with Crippen LogP contribution in [0.3, 0.4) is 0 Å². The Balaban J connectivity index is 2.19. The average Bonchev–Trinajstić information content (AvgIpc) is 2.54. The van der Waals surface area contributed by atoms with Gasteiger partial charge >= 0.3 is 0 Å². The van der Waals surface area contributed by atoms with Crippen molar-refractivity contribution < 1.29 is 19.0 Å². The summed E-state index contributed by atoms with van der Waals surface area (Å²) in [5, 5.41) is 2.92. The number of carbonyl (C=O) groups is 1. The monoisotopic (exact) mass is 291 g/mol. The molecule has 0 saturated heterocycles. The maximum Gasteiger partial charge on any atom is 0.227 e. The molecule has 0 heterocycles. The summed E-state index contributed by atoms with van der Waals surface area (Å²) >= 11 is 0. The molecule has 5 nitrogen and oxygen atoms in total. The number of anilines is 1. The first-order valence-electron chi connectivity index (χ1n) is 6.95. The second-order valence-corrected chi connectivity index (χ2v) is 4.88. The maximum atomic E-state index is 12.3. The summed E-state index contributed by atoms with van der Waals surface area (Å²) in [6.07, 6.45) is 6.79. The summed E-state index contributed by atoms with van der Waals surface area (Å²) in [6.45, 7) is 0. The Bertz CT molecular complexity index is 514. The van der Waals surface area contributed by atoms with Crippen molar-refractivity contribution in [3.63, 3.8) is 0 Å². The van der Waals surface area contributed by atoms with E-state index in [-0.39, 0.29) is 11.8 Å². The molecule has 5 heteroatoms. The third-order valence-electron chi connectivity index (χ3n) is 3.57. The SMILES string of the molecule is COc1cc(NC(=O)[C@@H]2CC=CCC2)cc(OC)c1OC. The van der Waals surface area contributed by atoms with Crippen molar-refractivity contribution in [2.24, 2.45) is 5.92 Å². The molecule has 0 unspecified atom stereocenters. The van der Waals surface area contributed by atoms with E-state index >= 15 is 0 Å². The van der Waals surface area contributed by atoms with Gasteiger partial charge in [0.05, 0.1) is 21.3 Å². The number of hydrogen-bond donors (Lipinski definition) is 1. The molecule has 2 rings (SSSR count). The number of carbonyl (C=O) groups excluding carboxylic acids is 1. The molecule has 114 valence electrons. The van der Waals surface area contributed by atoms with E-state index < -0.39 is 0 Å². The van der Waals surface area contributed by atoms with Gasteiger partial charge < -0.3 is 19.5 Å². The Kier molecular flexibility index (Phi) is 5.09. The van der Waals surface area contributed by atoms with Crippen LogP contribution in [0.5, 0.6) is 17.2 Å². The number of amides is 1. The fourth-order valence-electron chi connectivity index (χ4n) is 2.43. The van der Waals surface area contributed by atoms with Gasteiger partial charge in [-0.15, -0.1) is 0 Å². The Morgan fingerprint density at radius 2 is 1.76 bits per heavy atom. The van der Waals surface area contributed by atoms with Gasteiger partial charge in [-0.05, 0) is 19.3 Å². The molecule has 1 aromatic rings. The lowest BCUT2D eigenvalue weighted by Crippen LogP contribution is -2.23. The van der Waals surface area contributed by atoms with Crippen LogP contribution in [0.15, 0.2) is 24.3 Å². The van der Waals surface area contributed by atoms with E-state index in [9.17, 15) is 4.79 Å². The topological polar surface area (TPSA) is 56.8 Å². The van der Waals surface area contributed by atoms with Crippen LogP contribution in [0.25, 0.3) is 0 Å². The highest BCUT2D eigenvalue weighted by atomic mass is 16.5. The number of methoxy groups -OCH3 is 3. The molecule has 0 aromatic heterocycles. The predicted molar refractivity (Wildman–Crippen MR) is 81.2 cm³/mol. The van der Waals surface area contributed by atoms with Crippen LogP contribution in [-0.4, -0.2) is 27.2 Å². The van der Waals surface area contributed by atoms with E-state index in [0.29, 0.717) is 22.9 Å². The summed E-state index contributed by atoms with van der Waals surface area (Å²) in [5.74, 6) is 1.60. The Morgan fingerprint density at radius 1 is 1.10 bits per heavy atom. The smallest absolute Gasteiger partial charge is 0.227 e. The molecule has 1 aliphatic rings. The Morgan fingerprint density at radius 3 is 2.24 bits per heavy atom. The quantitative estimate of drug-likeness (QED) is 0.847. The van der Waals surface area contributed by atoms with Crippen molar-refractivity contribution in [2.45, 2.75) is 19.3 Å². The predicted octanol–water partition coefficient (Wildman–Crippen LogP) is 3.01. The molecule has 1 aliphatic carbocycles. The van der Waals surface area contributed by atoms with Gasteiger partial charge in [-0.1, -0.05) is 12.2 Å². The summed E-state index contributed by atoms with van der Waals surface area (Å²) in [4.78, 5) is 12.3. The molecule has 0 spiro atoms. The van der Waals surface area contributed by atoms with Gasteiger partial charge in [-0.2, -0.15) is 0 Å². The third-order valence-corrected chi connectivity index (χ3v) is 3.57. The largest absolute Gasteiger partial charge is 0.493 e. The number of ether oxygens (including phenoxy) is 3. The zero-order valence-electron chi connectivity index (χ0n) is 12.6. The van der Waals surface area contributed by atoms with Crippen molar-refractivity contribution in [3.8, 4) is 17.2 Å². The zero-order chi connectivity index (χ0) is 15.2. The molecule has 0 saturated carbocycles. The van der Waals surface area contributed by atoms with Crippen LogP contribution < -0.4 is 19.5 Å². The highest BCUT2D eigenvalue weighted by Crippen LogP contribution is 2.40. The van der Waals surface area contributed by atoms with Crippen LogP contribution in [-0.2, 0) is 4.79 Å². The molecule has 21 heavy (non-hydrogen) atoms. The summed E-state index contributed by atoms with van der Waals surface area (Å²) in [7, 11) is 4.65. The molecule has 0 fully saturated rings. The van der Waals surface area contributed by atoms with Gasteiger partial charge in [0, 0.05) is 23.7 Å². The van der Waals surface area contributed by atoms with Crippen LogP contribution in [0, 0.1) is 5.92 Å². The van der Waals surface area contributed by atoms with Crippen LogP contribution >= 0.6 is 0 Å². The van der Waals surface area contributed by atoms with Gasteiger partial charge in [0.1, 0.15) is 0 Å². The average molecular weight is 291 g/mol. The number of benzene rings is 1. The minimum absolute atomic E-state index is 0.0219. The molecule has 0 aliphatic heterocycles. The van der Waals surface area contributed by atoms with E-state index in [1.54, 1.807) is 33.5 Å². The summed E-state index contributed by atoms with van der Waals surface area (Å²) in [6, 6.07) is 3.47. The van der Waals surface area contributed by atoms with Crippen LogP contribution in [0.2, 0.25) is 0 Å². The normalized spacial score (nSPS) is 17.2. The zero-order valence-corrected chi connectivity index (χ0v) is 12.6. The van der Waals surface area contributed by atoms with E-state index in [1.165, 1.54) is 0 Å². The minimum Gasteiger partial charge on any atom is -0.493 e. The number of hydrogen-bond acceptors (Lipinski definition) is 4. The van der Waals surface area contributed by atoms with Gasteiger partial charge in [-0.25, -0.2) is 0 Å². The number of rotatable bonds is 5. The van der Waals surface area contributed by atoms with E-state index in [4.69, 9.17) is 14.2 Å². The van der Waals surface area contributed by atoms with E-state index in [2.05, 4.69) is 17.5 Å². The summed E-state index contributed by atoms with van der Waals surface area (Å²) < 4.78 is 15.8. The van der Waals surface area contributed by atoms with Crippen LogP contribution in [0.4, 0.5) is 5.69 Å². The van der Waals surface area contributed by atoms with Crippen molar-refractivity contribution in [1.82, 2.24) is 0 Å². The number of nitrogens with one attached hydrogen (secondary N) is 1.